The van der Waals surface area contributed by atoms with Gasteiger partial charge in [-0.3, -0.25) is 0 Å². The molecule has 320 valence electrons. The Morgan fingerprint density at radius 2 is 0.509 bits per heavy atom. The Kier molecular flexibility index (Phi) is 41.1. The van der Waals surface area contributed by atoms with Crippen LogP contribution in [0.3, 0.4) is 0 Å². The lowest BCUT2D eigenvalue weighted by molar-refractivity contribution is -0.289. The molecule has 7 heteroatoms. The number of hydrogen-bond acceptors (Lipinski definition) is 7. The Hall–Kier alpha value is -0.280. The van der Waals surface area contributed by atoms with E-state index in [0.717, 1.165) is 77.0 Å². The Labute approximate surface area is 331 Å². The average molecular weight is 759 g/mol. The van der Waals surface area contributed by atoms with Gasteiger partial charge in [-0.15, -0.1) is 0 Å². The van der Waals surface area contributed by atoms with Crippen LogP contribution >= 0.6 is 0 Å². The van der Waals surface area contributed by atoms with Gasteiger partial charge in [0.25, 0.3) is 0 Å². The molecule has 0 aromatic carbocycles. The number of rotatable bonds is 46. The van der Waals surface area contributed by atoms with Crippen LogP contribution in [0.4, 0.5) is 0 Å². The monoisotopic (exact) mass is 759 g/mol. The lowest BCUT2D eigenvalue weighted by atomic mass is 10.0. The minimum Gasteiger partial charge on any atom is -0.350 e. The van der Waals surface area contributed by atoms with E-state index in [1.807, 2.05) is 0 Å². The second kappa shape index (κ2) is 41.4. The van der Waals surface area contributed by atoms with E-state index in [9.17, 15) is 0 Å². The van der Waals surface area contributed by atoms with Crippen molar-refractivity contribution < 1.29 is 33.2 Å². The minimum atomic E-state index is -0.723. The van der Waals surface area contributed by atoms with Gasteiger partial charge < -0.3 is 33.2 Å². The molecule has 0 aliphatic carbocycles. The van der Waals surface area contributed by atoms with Crippen molar-refractivity contribution in [3.8, 4) is 0 Å². The standard InChI is InChI=1S/C46H94O7/c1-7-13-19-21-23-25-27-29-31-33-35-45(50-37-15-9-3,51-38-16-10-4)41-47-43-49-44-48-42-46(52-39-17-11-5,53-40-18-12-6)36-34-32-30-28-26-24-22-20-14-8-2/h7-44H2,1-6H3. The summed E-state index contributed by atoms with van der Waals surface area (Å²) in [6, 6.07) is 0. The van der Waals surface area contributed by atoms with E-state index in [2.05, 4.69) is 41.5 Å². The van der Waals surface area contributed by atoms with Gasteiger partial charge in [-0.1, -0.05) is 183 Å². The lowest BCUT2D eigenvalue weighted by Crippen LogP contribution is -2.42. The van der Waals surface area contributed by atoms with Crippen LogP contribution in [-0.4, -0.2) is 64.8 Å². The van der Waals surface area contributed by atoms with E-state index in [1.54, 1.807) is 0 Å². The highest BCUT2D eigenvalue weighted by atomic mass is 16.8. The van der Waals surface area contributed by atoms with Crippen LogP contribution in [0.25, 0.3) is 0 Å². The first-order valence-electron chi connectivity index (χ1n) is 23.4. The second-order valence-electron chi connectivity index (χ2n) is 15.6. The van der Waals surface area contributed by atoms with Crippen molar-refractivity contribution in [3.05, 3.63) is 0 Å². The van der Waals surface area contributed by atoms with Crippen LogP contribution in [0.1, 0.15) is 234 Å². The number of unbranched alkanes of at least 4 members (excludes halogenated alkanes) is 22. The maximum absolute atomic E-state index is 6.49. The Morgan fingerprint density at radius 3 is 0.774 bits per heavy atom. The summed E-state index contributed by atoms with van der Waals surface area (Å²) in [5, 5.41) is 0. The summed E-state index contributed by atoms with van der Waals surface area (Å²) in [6.45, 7) is 17.1. The molecule has 0 spiro atoms. The molecule has 0 amide bonds. The van der Waals surface area contributed by atoms with Crippen LogP contribution in [-0.2, 0) is 33.2 Å². The fourth-order valence-electron chi connectivity index (χ4n) is 6.60. The molecule has 0 bridgehead atoms. The topological polar surface area (TPSA) is 64.6 Å². The Bertz CT molecular complexity index is 615. The smallest absolute Gasteiger partial charge is 0.191 e. The van der Waals surface area contributed by atoms with Gasteiger partial charge in [0.2, 0.25) is 0 Å². The average Bonchev–Trinajstić information content (AvgIpc) is 3.16. The minimum absolute atomic E-state index is 0.132. The van der Waals surface area contributed by atoms with Gasteiger partial charge in [0.15, 0.2) is 11.6 Å². The molecule has 53 heavy (non-hydrogen) atoms. The zero-order chi connectivity index (χ0) is 38.8. The van der Waals surface area contributed by atoms with Crippen molar-refractivity contribution in [3.63, 3.8) is 0 Å². The third kappa shape index (κ3) is 33.6. The molecule has 0 fully saturated rings. The lowest BCUT2D eigenvalue weighted by Gasteiger charge is -2.34. The van der Waals surface area contributed by atoms with Gasteiger partial charge in [-0.25, -0.2) is 0 Å². The Balaban J connectivity index is 4.98. The quantitative estimate of drug-likeness (QED) is 0.0452. The fraction of sp³-hybridized carbons (Fsp3) is 1.00. The highest BCUT2D eigenvalue weighted by Crippen LogP contribution is 2.26. The van der Waals surface area contributed by atoms with E-state index in [0.29, 0.717) is 39.6 Å². The van der Waals surface area contributed by atoms with Crippen molar-refractivity contribution in [1.82, 2.24) is 0 Å². The predicted molar refractivity (Wildman–Crippen MR) is 225 cm³/mol. The molecule has 0 rings (SSSR count). The molecule has 0 aromatic rings. The predicted octanol–water partition coefficient (Wildman–Crippen LogP) is 14.2. The van der Waals surface area contributed by atoms with Crippen molar-refractivity contribution in [2.75, 3.05) is 53.2 Å². The molecule has 0 aliphatic heterocycles. The van der Waals surface area contributed by atoms with E-state index < -0.39 is 11.6 Å². The van der Waals surface area contributed by atoms with Crippen LogP contribution in [0.2, 0.25) is 0 Å². The molecular weight excluding hydrogens is 664 g/mol. The Morgan fingerprint density at radius 1 is 0.264 bits per heavy atom. The normalized spacial score (nSPS) is 12.3. The maximum atomic E-state index is 6.49. The third-order valence-electron chi connectivity index (χ3n) is 10.3. The van der Waals surface area contributed by atoms with E-state index in [-0.39, 0.29) is 13.6 Å². The highest BCUT2D eigenvalue weighted by molar-refractivity contribution is 4.72. The second-order valence-corrected chi connectivity index (χ2v) is 15.6. The molecule has 0 saturated carbocycles. The van der Waals surface area contributed by atoms with Crippen molar-refractivity contribution in [2.24, 2.45) is 0 Å². The maximum Gasteiger partial charge on any atom is 0.191 e. The SMILES string of the molecule is CCCCCCCCCCCCC(COCOCOCC(CCCCCCCCCCCC)(OCCCC)OCCCC)(OCCCC)OCCCC. The first-order valence-corrected chi connectivity index (χ1v) is 23.4. The third-order valence-corrected chi connectivity index (χ3v) is 10.3. The summed E-state index contributed by atoms with van der Waals surface area (Å²) in [5.74, 6) is -1.45. The zero-order valence-electron chi connectivity index (χ0n) is 36.7. The molecule has 0 atom stereocenters. The van der Waals surface area contributed by atoms with Crippen LogP contribution in [0, 0.1) is 0 Å². The number of hydrogen-bond donors (Lipinski definition) is 0. The zero-order valence-corrected chi connectivity index (χ0v) is 36.7. The molecule has 0 heterocycles. The first kappa shape index (κ1) is 52.7. The van der Waals surface area contributed by atoms with Gasteiger partial charge in [0, 0.05) is 12.8 Å². The van der Waals surface area contributed by atoms with Crippen LogP contribution in [0.5, 0.6) is 0 Å². The summed E-state index contributed by atoms with van der Waals surface area (Å²) in [4.78, 5) is 0. The number of ether oxygens (including phenoxy) is 7. The van der Waals surface area contributed by atoms with Crippen molar-refractivity contribution in [1.29, 1.82) is 0 Å². The van der Waals surface area contributed by atoms with E-state index >= 15 is 0 Å². The highest BCUT2D eigenvalue weighted by Gasteiger charge is 2.33. The summed E-state index contributed by atoms with van der Waals surface area (Å²) in [5.41, 5.74) is 0. The van der Waals surface area contributed by atoms with Crippen molar-refractivity contribution in [2.45, 2.75) is 246 Å². The van der Waals surface area contributed by atoms with Gasteiger partial charge in [0.1, 0.15) is 26.8 Å². The molecule has 0 saturated heterocycles. The van der Waals surface area contributed by atoms with Crippen molar-refractivity contribution >= 4 is 0 Å². The molecule has 0 aliphatic rings. The fourth-order valence-corrected chi connectivity index (χ4v) is 6.60. The summed E-state index contributed by atoms with van der Waals surface area (Å²) >= 11 is 0. The van der Waals surface area contributed by atoms with Gasteiger partial charge in [-0.2, -0.15) is 0 Å². The van der Waals surface area contributed by atoms with Gasteiger partial charge >= 0.3 is 0 Å². The van der Waals surface area contributed by atoms with Gasteiger partial charge in [-0.05, 0) is 38.5 Å². The summed E-state index contributed by atoms with van der Waals surface area (Å²) < 4.78 is 44.1. The summed E-state index contributed by atoms with van der Waals surface area (Å²) in [7, 11) is 0. The largest absolute Gasteiger partial charge is 0.350 e. The molecular formula is C46H94O7. The summed E-state index contributed by atoms with van der Waals surface area (Å²) in [6.07, 6.45) is 36.3. The molecule has 0 unspecified atom stereocenters. The van der Waals surface area contributed by atoms with Gasteiger partial charge in [0.05, 0.1) is 26.4 Å². The first-order chi connectivity index (χ1) is 26.1. The van der Waals surface area contributed by atoms with Crippen LogP contribution in [0.15, 0.2) is 0 Å². The van der Waals surface area contributed by atoms with E-state index in [4.69, 9.17) is 33.2 Å². The molecule has 0 N–H and O–H groups in total. The molecule has 0 radical (unpaired) electrons. The van der Waals surface area contributed by atoms with E-state index in [1.165, 1.54) is 116 Å². The molecule has 7 nitrogen and oxygen atoms in total. The molecule has 0 aromatic heterocycles. The van der Waals surface area contributed by atoms with Crippen LogP contribution < -0.4 is 0 Å².